The van der Waals surface area contributed by atoms with Gasteiger partial charge in [-0.2, -0.15) is 0 Å². The number of benzene rings is 2. The maximum Gasteiger partial charge on any atom is 0.157 e. The molecule has 6 heteroatoms. The zero-order valence-corrected chi connectivity index (χ0v) is 25.1. The smallest absolute Gasteiger partial charge is 0.157 e. The van der Waals surface area contributed by atoms with Gasteiger partial charge in [-0.25, -0.2) is 4.39 Å². The molecule has 1 aliphatic heterocycles. The molecule has 218 valence electrons. The molecule has 3 rings (SSSR count). The minimum atomic E-state index is -1.34. The fourth-order valence-corrected chi connectivity index (χ4v) is 5.05. The maximum absolute atomic E-state index is 16.0. The number of rotatable bonds is 17. The summed E-state index contributed by atoms with van der Waals surface area (Å²) in [6, 6.07) is 14.6. The van der Waals surface area contributed by atoms with Crippen LogP contribution >= 0.6 is 11.6 Å². The minimum absolute atomic E-state index is 0.192. The summed E-state index contributed by atoms with van der Waals surface area (Å²) in [7, 11) is 0. The fourth-order valence-electron chi connectivity index (χ4n) is 4.87. The van der Waals surface area contributed by atoms with Gasteiger partial charge in [-0.05, 0) is 60.4 Å². The molecule has 0 saturated carbocycles. The molecule has 0 aromatic heterocycles. The third kappa shape index (κ3) is 9.54. The molecule has 2 aromatic rings. The first kappa shape index (κ1) is 32.0. The van der Waals surface area contributed by atoms with Crippen LogP contribution in [0.15, 0.2) is 42.5 Å². The SMILES string of the molecule is CCCCOCC1OC(c2ccc(Cl)c(Cc3ccc(CC)cc3)c2)C(OCCCC)C(OCCCC)C1F. The predicted octanol–water partition coefficient (Wildman–Crippen LogP) is 8.46. The Morgan fingerprint density at radius 2 is 1.41 bits per heavy atom. The van der Waals surface area contributed by atoms with Crippen molar-refractivity contribution in [2.45, 2.75) is 110 Å². The van der Waals surface area contributed by atoms with Gasteiger partial charge in [-0.3, -0.25) is 0 Å². The molecule has 1 saturated heterocycles. The van der Waals surface area contributed by atoms with Gasteiger partial charge in [0.05, 0.1) is 6.61 Å². The van der Waals surface area contributed by atoms with E-state index in [1.165, 1.54) is 11.1 Å². The Kier molecular flexibility index (Phi) is 14.2. The molecule has 1 aliphatic rings. The van der Waals surface area contributed by atoms with Crippen molar-refractivity contribution in [1.29, 1.82) is 0 Å². The highest BCUT2D eigenvalue weighted by molar-refractivity contribution is 6.31. The molecule has 1 fully saturated rings. The Morgan fingerprint density at radius 3 is 2.05 bits per heavy atom. The van der Waals surface area contributed by atoms with Gasteiger partial charge in [0, 0.05) is 24.8 Å². The lowest BCUT2D eigenvalue weighted by atomic mass is 9.90. The summed E-state index contributed by atoms with van der Waals surface area (Å²) >= 11 is 6.67. The molecule has 0 bridgehead atoms. The first-order valence-corrected chi connectivity index (χ1v) is 15.4. The average Bonchev–Trinajstić information content (AvgIpc) is 2.95. The number of alkyl halides is 1. The predicted molar refractivity (Wildman–Crippen MR) is 158 cm³/mol. The molecule has 0 amide bonds. The van der Waals surface area contributed by atoms with E-state index < -0.39 is 30.6 Å². The monoisotopic (exact) mass is 562 g/mol. The summed E-state index contributed by atoms with van der Waals surface area (Å²) < 4.78 is 40.8. The van der Waals surface area contributed by atoms with E-state index in [1.807, 2.05) is 12.1 Å². The first-order valence-electron chi connectivity index (χ1n) is 15.0. The number of ether oxygens (including phenoxy) is 4. The Hall–Kier alpha value is -1.50. The van der Waals surface area contributed by atoms with Gasteiger partial charge in [-0.15, -0.1) is 0 Å². The second kappa shape index (κ2) is 17.3. The van der Waals surface area contributed by atoms with Crippen molar-refractivity contribution in [3.63, 3.8) is 0 Å². The molecule has 0 spiro atoms. The summed E-state index contributed by atoms with van der Waals surface area (Å²) in [5.74, 6) is 0. The number of hydrogen-bond donors (Lipinski definition) is 0. The van der Waals surface area contributed by atoms with E-state index in [1.54, 1.807) is 0 Å². The van der Waals surface area contributed by atoms with Gasteiger partial charge in [0.1, 0.15) is 24.4 Å². The molecular formula is C33H48ClFO4. The molecule has 5 unspecified atom stereocenters. The van der Waals surface area contributed by atoms with Crippen molar-refractivity contribution in [1.82, 2.24) is 0 Å². The highest BCUT2D eigenvalue weighted by Gasteiger charge is 2.48. The highest BCUT2D eigenvalue weighted by atomic mass is 35.5. The number of unbranched alkanes of at least 4 members (excludes halogenated alkanes) is 3. The van der Waals surface area contributed by atoms with Crippen molar-refractivity contribution in [2.75, 3.05) is 26.4 Å². The lowest BCUT2D eigenvalue weighted by Gasteiger charge is -2.44. The van der Waals surface area contributed by atoms with Crippen molar-refractivity contribution in [3.05, 3.63) is 69.7 Å². The Bertz CT molecular complexity index is 953. The Balaban J connectivity index is 1.90. The van der Waals surface area contributed by atoms with Crippen LogP contribution in [0.2, 0.25) is 5.02 Å². The van der Waals surface area contributed by atoms with Crippen molar-refractivity contribution in [2.24, 2.45) is 0 Å². The van der Waals surface area contributed by atoms with Crippen LogP contribution in [0.4, 0.5) is 4.39 Å². The van der Waals surface area contributed by atoms with E-state index in [4.69, 9.17) is 30.5 Å². The van der Waals surface area contributed by atoms with E-state index in [-0.39, 0.29) is 6.61 Å². The normalized spacial score (nSPS) is 23.3. The van der Waals surface area contributed by atoms with Crippen LogP contribution in [0.1, 0.15) is 94.6 Å². The molecular weight excluding hydrogens is 515 g/mol. The van der Waals surface area contributed by atoms with Crippen molar-refractivity contribution >= 4 is 11.6 Å². The molecule has 4 nitrogen and oxygen atoms in total. The van der Waals surface area contributed by atoms with E-state index in [9.17, 15) is 0 Å². The Morgan fingerprint density at radius 1 is 0.795 bits per heavy atom. The van der Waals surface area contributed by atoms with Crippen LogP contribution in [0, 0.1) is 0 Å². The van der Waals surface area contributed by atoms with Crippen LogP contribution in [-0.4, -0.2) is 50.9 Å². The fraction of sp³-hybridized carbons (Fsp3) is 0.636. The number of hydrogen-bond acceptors (Lipinski definition) is 4. The van der Waals surface area contributed by atoms with E-state index in [2.05, 4.69) is 58.0 Å². The second-order valence-electron chi connectivity index (χ2n) is 10.5. The van der Waals surface area contributed by atoms with Crippen LogP contribution < -0.4 is 0 Å². The molecule has 0 aliphatic carbocycles. The standard InChI is InChI=1S/C33H48ClFO4/c1-5-9-18-36-23-29-30(35)32(37-19-10-6-2)33(38-20-11-7-3)31(39-29)26-16-17-28(34)27(22-26)21-25-14-12-24(8-4)13-15-25/h12-17,22,29-33H,5-11,18-21,23H2,1-4H3. The van der Waals surface area contributed by atoms with Crippen LogP contribution in [0.5, 0.6) is 0 Å². The highest BCUT2D eigenvalue weighted by Crippen LogP contribution is 2.39. The summed E-state index contributed by atoms with van der Waals surface area (Å²) in [6.07, 6.45) is 3.57. The van der Waals surface area contributed by atoms with Gasteiger partial charge < -0.3 is 18.9 Å². The van der Waals surface area contributed by atoms with Crippen LogP contribution in [0.3, 0.4) is 0 Å². The lowest BCUT2D eigenvalue weighted by Crippen LogP contribution is -2.56. The third-order valence-corrected chi connectivity index (χ3v) is 7.75. The number of aryl methyl sites for hydroxylation is 1. The topological polar surface area (TPSA) is 36.9 Å². The number of halogens is 2. The van der Waals surface area contributed by atoms with Gasteiger partial charge in [0.25, 0.3) is 0 Å². The minimum Gasteiger partial charge on any atom is -0.379 e. The lowest BCUT2D eigenvalue weighted by molar-refractivity contribution is -0.243. The summed E-state index contributed by atoms with van der Waals surface area (Å²) in [4.78, 5) is 0. The summed E-state index contributed by atoms with van der Waals surface area (Å²) in [5.41, 5.74) is 4.44. The molecule has 2 aromatic carbocycles. The zero-order valence-electron chi connectivity index (χ0n) is 24.3. The van der Waals surface area contributed by atoms with Gasteiger partial charge in [0.15, 0.2) is 6.17 Å². The van der Waals surface area contributed by atoms with E-state index in [0.29, 0.717) is 31.3 Å². The van der Waals surface area contributed by atoms with Crippen LogP contribution in [0.25, 0.3) is 0 Å². The van der Waals surface area contributed by atoms with Crippen molar-refractivity contribution < 1.29 is 23.3 Å². The van der Waals surface area contributed by atoms with Gasteiger partial charge in [0.2, 0.25) is 0 Å². The third-order valence-electron chi connectivity index (χ3n) is 7.38. The molecule has 0 radical (unpaired) electrons. The van der Waals surface area contributed by atoms with E-state index >= 15 is 4.39 Å². The largest absolute Gasteiger partial charge is 0.379 e. The summed E-state index contributed by atoms with van der Waals surface area (Å²) in [6.45, 7) is 10.3. The molecule has 39 heavy (non-hydrogen) atoms. The first-order chi connectivity index (χ1) is 19.0. The van der Waals surface area contributed by atoms with E-state index in [0.717, 1.165) is 56.1 Å². The van der Waals surface area contributed by atoms with Crippen LogP contribution in [-0.2, 0) is 31.8 Å². The average molecular weight is 563 g/mol. The molecule has 0 N–H and O–H groups in total. The maximum atomic E-state index is 16.0. The summed E-state index contributed by atoms with van der Waals surface area (Å²) in [5, 5.41) is 0.705. The van der Waals surface area contributed by atoms with Gasteiger partial charge in [-0.1, -0.05) is 95.0 Å². The zero-order chi connectivity index (χ0) is 28.0. The second-order valence-corrected chi connectivity index (χ2v) is 11.0. The van der Waals surface area contributed by atoms with Crippen molar-refractivity contribution in [3.8, 4) is 0 Å². The quantitative estimate of drug-likeness (QED) is 0.181. The van der Waals surface area contributed by atoms with Gasteiger partial charge >= 0.3 is 0 Å². The molecule has 1 heterocycles. The Labute approximate surface area is 240 Å². The molecule has 5 atom stereocenters.